The average molecular weight is 272 g/mol. The number of carbonyl (C=O) groups is 1. The van der Waals surface area contributed by atoms with Gasteiger partial charge >= 0.3 is 0 Å². The van der Waals surface area contributed by atoms with Crippen LogP contribution in [0.15, 0.2) is 36.7 Å². The van der Waals surface area contributed by atoms with E-state index in [9.17, 15) is 4.79 Å². The second kappa shape index (κ2) is 4.81. The molecule has 2 aromatic heterocycles. The van der Waals surface area contributed by atoms with Gasteiger partial charge in [0.15, 0.2) is 0 Å². The fraction of sp³-hybridized carbons (Fsp3) is 0.154. The van der Waals surface area contributed by atoms with Crippen LogP contribution in [0.1, 0.15) is 15.5 Å². The minimum atomic E-state index is -0.00222. The Morgan fingerprint density at radius 1 is 1.42 bits per heavy atom. The first-order valence-corrected chi connectivity index (χ1v) is 6.64. The van der Waals surface area contributed by atoms with Gasteiger partial charge in [-0.05, 0) is 17.5 Å². The van der Waals surface area contributed by atoms with E-state index in [1.165, 1.54) is 17.7 Å². The van der Waals surface area contributed by atoms with Crippen LogP contribution in [-0.4, -0.2) is 33.0 Å². The Balaban J connectivity index is 1.82. The first-order valence-electron chi connectivity index (χ1n) is 5.82. The molecular weight excluding hydrogens is 260 g/mol. The number of aromatic nitrogens is 3. The van der Waals surface area contributed by atoms with E-state index in [0.717, 1.165) is 15.0 Å². The zero-order valence-electron chi connectivity index (χ0n) is 10.3. The van der Waals surface area contributed by atoms with Gasteiger partial charge in [-0.1, -0.05) is 18.2 Å². The fourth-order valence-corrected chi connectivity index (χ4v) is 2.94. The zero-order valence-corrected chi connectivity index (χ0v) is 11.1. The first-order chi connectivity index (χ1) is 9.24. The molecule has 0 atom stereocenters. The Morgan fingerprint density at radius 2 is 2.26 bits per heavy atom. The molecule has 0 unspecified atom stereocenters. The van der Waals surface area contributed by atoms with Crippen LogP contribution in [0.4, 0.5) is 0 Å². The maximum absolute atomic E-state index is 12.3. The lowest BCUT2D eigenvalue weighted by molar-refractivity contribution is 0.0786. The number of carbonyl (C=O) groups excluding carboxylic acids is 1. The zero-order chi connectivity index (χ0) is 13.2. The molecule has 3 aromatic rings. The minimum absolute atomic E-state index is 0.00222. The number of nitrogens with zero attached hydrogens (tertiary/aromatic N) is 3. The van der Waals surface area contributed by atoms with E-state index in [0.29, 0.717) is 12.4 Å². The number of thiophene rings is 1. The molecule has 0 radical (unpaired) electrons. The summed E-state index contributed by atoms with van der Waals surface area (Å²) in [4.78, 5) is 18.7. The molecule has 1 N–H and O–H groups in total. The molecule has 19 heavy (non-hydrogen) atoms. The Labute approximate surface area is 113 Å². The van der Waals surface area contributed by atoms with Gasteiger partial charge in [0.05, 0.1) is 11.4 Å². The fourth-order valence-electron chi connectivity index (χ4n) is 1.88. The molecular formula is C13H12N4OS. The smallest absolute Gasteiger partial charge is 0.264 e. The predicted octanol–water partition coefficient (Wildman–Crippen LogP) is 2.29. The lowest BCUT2D eigenvalue weighted by Crippen LogP contribution is -2.25. The molecule has 6 heteroatoms. The number of nitrogens with one attached hydrogen (secondary N) is 1. The summed E-state index contributed by atoms with van der Waals surface area (Å²) >= 11 is 1.51. The molecule has 1 aromatic carbocycles. The van der Waals surface area contributed by atoms with Crippen LogP contribution in [0.3, 0.4) is 0 Å². The topological polar surface area (TPSA) is 61.9 Å². The van der Waals surface area contributed by atoms with Crippen molar-refractivity contribution in [2.24, 2.45) is 0 Å². The molecule has 5 nitrogen and oxygen atoms in total. The maximum atomic E-state index is 12.3. The van der Waals surface area contributed by atoms with Crippen molar-refractivity contribution in [3.05, 3.63) is 47.4 Å². The van der Waals surface area contributed by atoms with E-state index in [4.69, 9.17) is 0 Å². The monoisotopic (exact) mass is 272 g/mol. The number of hydrogen-bond donors (Lipinski definition) is 1. The number of benzene rings is 1. The van der Waals surface area contributed by atoms with Crippen molar-refractivity contribution in [2.45, 2.75) is 6.54 Å². The van der Waals surface area contributed by atoms with Gasteiger partial charge in [-0.3, -0.25) is 9.89 Å². The van der Waals surface area contributed by atoms with Crippen molar-refractivity contribution in [3.8, 4) is 0 Å². The van der Waals surface area contributed by atoms with Crippen LogP contribution < -0.4 is 0 Å². The summed E-state index contributed by atoms with van der Waals surface area (Å²) in [6.07, 6.45) is 1.44. The van der Waals surface area contributed by atoms with Crippen LogP contribution in [0.5, 0.6) is 0 Å². The standard InChI is InChI=1S/C13H12N4OS/c1-17(7-12-14-8-15-16-12)13(18)11-6-9-4-2-3-5-10(9)19-11/h2-6,8H,7H2,1H3,(H,14,15,16). The largest absolute Gasteiger partial charge is 0.333 e. The lowest BCUT2D eigenvalue weighted by Gasteiger charge is -2.13. The van der Waals surface area contributed by atoms with Crippen LogP contribution in [0.25, 0.3) is 10.1 Å². The summed E-state index contributed by atoms with van der Waals surface area (Å²) in [6, 6.07) is 9.92. The Bertz CT molecular complexity index is 671. The van der Waals surface area contributed by atoms with Crippen molar-refractivity contribution in [1.29, 1.82) is 0 Å². The number of H-pyrrole nitrogens is 1. The average Bonchev–Trinajstić information content (AvgIpc) is 3.05. The first kappa shape index (κ1) is 11.9. The Morgan fingerprint density at radius 3 is 3.00 bits per heavy atom. The third-order valence-electron chi connectivity index (χ3n) is 2.83. The van der Waals surface area contributed by atoms with Gasteiger partial charge in [0.1, 0.15) is 12.2 Å². The third kappa shape index (κ3) is 2.34. The molecule has 0 aliphatic rings. The Hall–Kier alpha value is -2.21. The highest BCUT2D eigenvalue weighted by atomic mass is 32.1. The molecule has 0 aliphatic heterocycles. The molecule has 0 saturated carbocycles. The minimum Gasteiger partial charge on any atom is -0.333 e. The predicted molar refractivity (Wildman–Crippen MR) is 74.0 cm³/mol. The quantitative estimate of drug-likeness (QED) is 0.795. The van der Waals surface area contributed by atoms with Crippen LogP contribution >= 0.6 is 11.3 Å². The van der Waals surface area contributed by atoms with E-state index < -0.39 is 0 Å². The van der Waals surface area contributed by atoms with Crippen molar-refractivity contribution >= 4 is 27.3 Å². The second-order valence-electron chi connectivity index (χ2n) is 4.24. The molecule has 0 saturated heterocycles. The van der Waals surface area contributed by atoms with Gasteiger partial charge in [-0.25, -0.2) is 4.98 Å². The van der Waals surface area contributed by atoms with Crippen molar-refractivity contribution in [3.63, 3.8) is 0 Å². The summed E-state index contributed by atoms with van der Waals surface area (Å²) in [7, 11) is 1.76. The van der Waals surface area contributed by atoms with Gasteiger partial charge in [-0.2, -0.15) is 5.10 Å². The number of hydrogen-bond acceptors (Lipinski definition) is 4. The van der Waals surface area contributed by atoms with Gasteiger partial charge < -0.3 is 4.90 Å². The van der Waals surface area contributed by atoms with Crippen LogP contribution in [0, 0.1) is 0 Å². The number of amides is 1. The molecule has 2 heterocycles. The summed E-state index contributed by atoms with van der Waals surface area (Å²) in [5.74, 6) is 0.676. The second-order valence-corrected chi connectivity index (χ2v) is 5.33. The SMILES string of the molecule is CN(Cc1ncn[nH]1)C(=O)c1cc2ccccc2s1. The van der Waals surface area contributed by atoms with Crippen molar-refractivity contribution in [1.82, 2.24) is 20.1 Å². The molecule has 3 rings (SSSR count). The third-order valence-corrected chi connectivity index (χ3v) is 3.94. The molecule has 0 fully saturated rings. The highest BCUT2D eigenvalue weighted by Crippen LogP contribution is 2.26. The highest BCUT2D eigenvalue weighted by molar-refractivity contribution is 7.20. The molecule has 96 valence electrons. The van der Waals surface area contributed by atoms with E-state index >= 15 is 0 Å². The van der Waals surface area contributed by atoms with Gasteiger partial charge in [-0.15, -0.1) is 11.3 Å². The lowest BCUT2D eigenvalue weighted by atomic mass is 10.2. The van der Waals surface area contributed by atoms with Gasteiger partial charge in [0.2, 0.25) is 0 Å². The number of rotatable bonds is 3. The highest BCUT2D eigenvalue weighted by Gasteiger charge is 2.15. The van der Waals surface area contributed by atoms with Gasteiger partial charge in [0.25, 0.3) is 5.91 Å². The summed E-state index contributed by atoms with van der Waals surface area (Å²) in [5.41, 5.74) is 0. The number of fused-ring (bicyclic) bond motifs is 1. The van der Waals surface area contributed by atoms with Crippen molar-refractivity contribution < 1.29 is 4.79 Å². The molecule has 0 bridgehead atoms. The summed E-state index contributed by atoms with van der Waals surface area (Å²) < 4.78 is 1.12. The van der Waals surface area contributed by atoms with Crippen LogP contribution in [0.2, 0.25) is 0 Å². The Kier molecular flexibility index (Phi) is 3.00. The molecule has 0 spiro atoms. The van der Waals surface area contributed by atoms with E-state index in [2.05, 4.69) is 15.2 Å². The number of aromatic amines is 1. The summed E-state index contributed by atoms with van der Waals surface area (Å²) in [6.45, 7) is 0.424. The molecule has 1 amide bonds. The van der Waals surface area contributed by atoms with Crippen molar-refractivity contribution in [2.75, 3.05) is 7.05 Å². The summed E-state index contributed by atoms with van der Waals surface area (Å²) in [5, 5.41) is 7.62. The van der Waals surface area contributed by atoms with E-state index in [1.807, 2.05) is 30.3 Å². The maximum Gasteiger partial charge on any atom is 0.264 e. The van der Waals surface area contributed by atoms with E-state index in [-0.39, 0.29) is 5.91 Å². The normalized spacial score (nSPS) is 10.8. The molecule has 0 aliphatic carbocycles. The van der Waals surface area contributed by atoms with E-state index in [1.54, 1.807) is 11.9 Å². The van der Waals surface area contributed by atoms with Crippen LogP contribution in [-0.2, 0) is 6.54 Å². The van der Waals surface area contributed by atoms with Gasteiger partial charge in [0, 0.05) is 11.7 Å².